The van der Waals surface area contributed by atoms with Gasteiger partial charge in [-0.3, -0.25) is 0 Å². The third-order valence-electron chi connectivity index (χ3n) is 5.26. The average molecular weight is 301 g/mol. The minimum atomic E-state index is 0.435. The van der Waals surface area contributed by atoms with Gasteiger partial charge in [0, 0.05) is 10.7 Å². The molecule has 1 aliphatic carbocycles. The number of thiophene rings is 1. The summed E-state index contributed by atoms with van der Waals surface area (Å²) in [6.07, 6.45) is 5.49. The predicted molar refractivity (Wildman–Crippen MR) is 94.0 cm³/mol. The summed E-state index contributed by atoms with van der Waals surface area (Å²) in [5, 5.41) is 7.44. The molecule has 1 aliphatic rings. The number of hydrogen-bond donors (Lipinski definition) is 1. The van der Waals surface area contributed by atoms with Gasteiger partial charge in [-0.25, -0.2) is 0 Å². The molecule has 0 bridgehead atoms. The van der Waals surface area contributed by atoms with Crippen molar-refractivity contribution in [2.24, 2.45) is 11.3 Å². The van der Waals surface area contributed by atoms with E-state index >= 15 is 0 Å². The fourth-order valence-corrected chi connectivity index (χ4v) is 5.04. The third-order valence-corrected chi connectivity index (χ3v) is 6.24. The smallest absolute Gasteiger partial charge is 0.0390 e. The molecule has 2 unspecified atom stereocenters. The number of benzene rings is 1. The van der Waals surface area contributed by atoms with Crippen LogP contribution in [0.3, 0.4) is 0 Å². The highest BCUT2D eigenvalue weighted by Crippen LogP contribution is 2.48. The largest absolute Gasteiger partial charge is 0.310 e. The molecule has 1 heterocycles. The summed E-state index contributed by atoms with van der Waals surface area (Å²) < 4.78 is 1.48. The molecule has 0 radical (unpaired) electrons. The fraction of sp³-hybridized carbons (Fsp3) is 0.579. The van der Waals surface area contributed by atoms with E-state index in [-0.39, 0.29) is 0 Å². The van der Waals surface area contributed by atoms with Crippen LogP contribution in [0, 0.1) is 11.3 Å². The summed E-state index contributed by atoms with van der Waals surface area (Å²) in [6.45, 7) is 8.21. The van der Waals surface area contributed by atoms with Crippen LogP contribution in [-0.4, -0.2) is 6.54 Å². The molecule has 0 aliphatic heterocycles. The zero-order chi connectivity index (χ0) is 14.9. The van der Waals surface area contributed by atoms with Crippen molar-refractivity contribution in [3.05, 3.63) is 35.2 Å². The van der Waals surface area contributed by atoms with E-state index < -0.39 is 0 Å². The lowest BCUT2D eigenvalue weighted by Crippen LogP contribution is -2.39. The van der Waals surface area contributed by atoms with Crippen molar-refractivity contribution >= 4 is 21.4 Å². The zero-order valence-electron chi connectivity index (χ0n) is 13.5. The Morgan fingerprint density at radius 3 is 2.90 bits per heavy atom. The maximum atomic E-state index is 3.81. The van der Waals surface area contributed by atoms with E-state index in [2.05, 4.69) is 55.7 Å². The lowest BCUT2D eigenvalue weighted by Gasteiger charge is -2.44. The van der Waals surface area contributed by atoms with Crippen molar-refractivity contribution in [1.82, 2.24) is 5.32 Å². The Kier molecular flexibility index (Phi) is 4.37. The Morgan fingerprint density at radius 2 is 2.14 bits per heavy atom. The Hall–Kier alpha value is -0.860. The quantitative estimate of drug-likeness (QED) is 0.756. The van der Waals surface area contributed by atoms with Gasteiger partial charge in [0.15, 0.2) is 0 Å². The van der Waals surface area contributed by atoms with Crippen LogP contribution in [0.5, 0.6) is 0 Å². The van der Waals surface area contributed by atoms with E-state index in [0.717, 1.165) is 12.5 Å². The van der Waals surface area contributed by atoms with Crippen molar-refractivity contribution in [2.75, 3.05) is 6.54 Å². The van der Waals surface area contributed by atoms with Crippen molar-refractivity contribution < 1.29 is 0 Å². The van der Waals surface area contributed by atoms with Gasteiger partial charge in [0.05, 0.1) is 0 Å². The maximum absolute atomic E-state index is 3.81. The second-order valence-corrected chi connectivity index (χ2v) is 7.98. The molecule has 1 aromatic carbocycles. The van der Waals surface area contributed by atoms with Gasteiger partial charge in [-0.05, 0) is 53.1 Å². The van der Waals surface area contributed by atoms with Crippen LogP contribution in [0.4, 0.5) is 0 Å². The standard InChI is InChI=1S/C19H27NS/c1-4-20-17(16-10-5-6-12-19(16,2)3)15-9-7-8-14-11-13-21-18(14)15/h7-9,11,13,16-17,20H,4-6,10,12H2,1-3H3. The lowest BCUT2D eigenvalue weighted by atomic mass is 9.64. The molecule has 1 nitrogen and oxygen atoms in total. The lowest BCUT2D eigenvalue weighted by molar-refractivity contribution is 0.0994. The van der Waals surface area contributed by atoms with Gasteiger partial charge in [0.25, 0.3) is 0 Å². The normalized spacial score (nSPS) is 23.3. The molecule has 0 spiro atoms. The molecule has 2 heteroatoms. The number of rotatable bonds is 4. The Morgan fingerprint density at radius 1 is 1.29 bits per heavy atom. The first-order valence-corrected chi connectivity index (χ1v) is 9.21. The van der Waals surface area contributed by atoms with E-state index in [1.165, 1.54) is 41.3 Å². The molecule has 2 atom stereocenters. The van der Waals surface area contributed by atoms with Crippen LogP contribution in [0.25, 0.3) is 10.1 Å². The molecule has 1 fully saturated rings. The topological polar surface area (TPSA) is 12.0 Å². The minimum Gasteiger partial charge on any atom is -0.310 e. The average Bonchev–Trinajstić information content (AvgIpc) is 2.93. The highest BCUT2D eigenvalue weighted by atomic mass is 32.1. The van der Waals surface area contributed by atoms with Crippen molar-refractivity contribution in [1.29, 1.82) is 0 Å². The Labute approximate surface area is 132 Å². The van der Waals surface area contributed by atoms with Crippen LogP contribution in [0.15, 0.2) is 29.6 Å². The molecular formula is C19H27NS. The highest BCUT2D eigenvalue weighted by molar-refractivity contribution is 7.17. The maximum Gasteiger partial charge on any atom is 0.0390 e. The molecule has 0 amide bonds. The molecular weight excluding hydrogens is 274 g/mol. The van der Waals surface area contributed by atoms with Crippen LogP contribution in [0.2, 0.25) is 0 Å². The number of hydrogen-bond acceptors (Lipinski definition) is 2. The fourth-order valence-electron chi connectivity index (χ4n) is 4.09. The molecule has 1 N–H and O–H groups in total. The van der Waals surface area contributed by atoms with Gasteiger partial charge in [0.1, 0.15) is 0 Å². The summed E-state index contributed by atoms with van der Waals surface area (Å²) in [5.41, 5.74) is 1.95. The SMILES string of the molecule is CCNC(c1cccc2ccsc12)C1CCCCC1(C)C. The Bertz CT molecular complexity index is 598. The third kappa shape index (κ3) is 2.89. The summed E-state index contributed by atoms with van der Waals surface area (Å²) in [5.74, 6) is 0.735. The van der Waals surface area contributed by atoms with Crippen LogP contribution < -0.4 is 5.32 Å². The second-order valence-electron chi connectivity index (χ2n) is 7.06. The molecule has 0 saturated heterocycles. The second kappa shape index (κ2) is 6.10. The Balaban J connectivity index is 2.03. The molecule has 1 saturated carbocycles. The van der Waals surface area contributed by atoms with Gasteiger partial charge in [-0.15, -0.1) is 11.3 Å². The van der Waals surface area contributed by atoms with Gasteiger partial charge in [-0.2, -0.15) is 0 Å². The molecule has 1 aromatic heterocycles. The molecule has 21 heavy (non-hydrogen) atoms. The van der Waals surface area contributed by atoms with Gasteiger partial charge in [-0.1, -0.05) is 51.8 Å². The minimum absolute atomic E-state index is 0.435. The number of nitrogens with one attached hydrogen (secondary N) is 1. The first kappa shape index (κ1) is 15.1. The van der Waals surface area contributed by atoms with Crippen molar-refractivity contribution in [3.8, 4) is 0 Å². The zero-order valence-corrected chi connectivity index (χ0v) is 14.3. The van der Waals surface area contributed by atoms with E-state index in [1.54, 1.807) is 0 Å². The monoisotopic (exact) mass is 301 g/mol. The summed E-state index contributed by atoms with van der Waals surface area (Å²) in [6, 6.07) is 9.55. The summed E-state index contributed by atoms with van der Waals surface area (Å²) in [7, 11) is 0. The van der Waals surface area contributed by atoms with Crippen molar-refractivity contribution in [2.45, 2.75) is 52.5 Å². The molecule has 3 rings (SSSR count). The van der Waals surface area contributed by atoms with Gasteiger partial charge < -0.3 is 5.32 Å². The first-order valence-electron chi connectivity index (χ1n) is 8.33. The van der Waals surface area contributed by atoms with E-state index in [1.807, 2.05) is 11.3 Å². The van der Waals surface area contributed by atoms with Crippen LogP contribution in [0.1, 0.15) is 58.1 Å². The van der Waals surface area contributed by atoms with Gasteiger partial charge in [0.2, 0.25) is 0 Å². The van der Waals surface area contributed by atoms with E-state index in [4.69, 9.17) is 0 Å². The van der Waals surface area contributed by atoms with Crippen LogP contribution >= 0.6 is 11.3 Å². The van der Waals surface area contributed by atoms with Crippen LogP contribution in [-0.2, 0) is 0 Å². The number of fused-ring (bicyclic) bond motifs is 1. The predicted octanol–water partition coefficient (Wildman–Crippen LogP) is 5.77. The highest BCUT2D eigenvalue weighted by Gasteiger charge is 2.38. The summed E-state index contributed by atoms with van der Waals surface area (Å²) in [4.78, 5) is 0. The molecule has 114 valence electrons. The van der Waals surface area contributed by atoms with E-state index in [9.17, 15) is 0 Å². The van der Waals surface area contributed by atoms with Gasteiger partial charge >= 0.3 is 0 Å². The van der Waals surface area contributed by atoms with Crippen molar-refractivity contribution in [3.63, 3.8) is 0 Å². The molecule has 2 aromatic rings. The summed E-state index contributed by atoms with van der Waals surface area (Å²) >= 11 is 1.89. The first-order chi connectivity index (χ1) is 10.1. The van der Waals surface area contributed by atoms with E-state index in [0.29, 0.717) is 11.5 Å².